The lowest BCUT2D eigenvalue weighted by molar-refractivity contribution is 0.341. The maximum Gasteiger partial charge on any atom is 0.142 e. The second kappa shape index (κ2) is 7.20. The van der Waals surface area contributed by atoms with E-state index in [4.69, 9.17) is 9.47 Å². The molecule has 0 amide bonds. The molecule has 0 radical (unpaired) electrons. The van der Waals surface area contributed by atoms with Crippen molar-refractivity contribution in [2.45, 2.75) is 13.5 Å². The van der Waals surface area contributed by atoms with Gasteiger partial charge in [0.05, 0.1) is 19.4 Å². The summed E-state index contributed by atoms with van der Waals surface area (Å²) in [6.45, 7) is 3.31. The molecule has 0 unspecified atom stereocenters. The van der Waals surface area contributed by atoms with Crippen molar-refractivity contribution >= 4 is 21.6 Å². The molecule has 2 aromatic carbocycles. The molecule has 0 saturated carbocycles. The molecule has 0 spiro atoms. The van der Waals surface area contributed by atoms with Crippen LogP contribution in [0.4, 0.5) is 5.69 Å². The molecule has 106 valence electrons. The van der Waals surface area contributed by atoms with Crippen LogP contribution in [0.1, 0.15) is 12.5 Å². The van der Waals surface area contributed by atoms with E-state index in [1.54, 1.807) is 7.11 Å². The van der Waals surface area contributed by atoms with E-state index in [0.29, 0.717) is 13.2 Å². The largest absolute Gasteiger partial charge is 0.496 e. The van der Waals surface area contributed by atoms with E-state index in [-0.39, 0.29) is 0 Å². The molecule has 0 fully saturated rings. The SMILES string of the molecule is CCOc1ccccc1NCc1cc(Br)ccc1OC. The molecule has 4 heteroatoms. The van der Waals surface area contributed by atoms with Crippen LogP contribution in [0.15, 0.2) is 46.9 Å². The van der Waals surface area contributed by atoms with Gasteiger partial charge in [-0.2, -0.15) is 0 Å². The summed E-state index contributed by atoms with van der Waals surface area (Å²) in [5.74, 6) is 1.73. The van der Waals surface area contributed by atoms with E-state index in [2.05, 4.69) is 27.3 Å². The van der Waals surface area contributed by atoms with Crippen LogP contribution in [0.2, 0.25) is 0 Å². The second-order valence-electron chi connectivity index (χ2n) is 4.24. The Bertz CT molecular complexity index is 572. The van der Waals surface area contributed by atoms with Crippen LogP contribution in [0, 0.1) is 0 Å². The first-order valence-corrected chi connectivity index (χ1v) is 7.32. The molecule has 0 aliphatic heterocycles. The Morgan fingerprint density at radius 2 is 1.90 bits per heavy atom. The predicted octanol–water partition coefficient (Wildman–Crippen LogP) is 4.47. The zero-order valence-electron chi connectivity index (χ0n) is 11.7. The van der Waals surface area contributed by atoms with Gasteiger partial charge in [-0.15, -0.1) is 0 Å². The summed E-state index contributed by atoms with van der Waals surface area (Å²) in [5.41, 5.74) is 2.07. The van der Waals surface area contributed by atoms with Gasteiger partial charge in [-0.05, 0) is 37.3 Å². The van der Waals surface area contributed by atoms with Crippen LogP contribution in [-0.4, -0.2) is 13.7 Å². The van der Waals surface area contributed by atoms with Gasteiger partial charge in [-0.1, -0.05) is 28.1 Å². The van der Waals surface area contributed by atoms with Gasteiger partial charge in [0.25, 0.3) is 0 Å². The summed E-state index contributed by atoms with van der Waals surface area (Å²) in [6.07, 6.45) is 0. The van der Waals surface area contributed by atoms with E-state index in [0.717, 1.165) is 27.2 Å². The number of halogens is 1. The molecule has 0 heterocycles. The molecule has 0 bridgehead atoms. The van der Waals surface area contributed by atoms with Crippen molar-refractivity contribution in [1.82, 2.24) is 0 Å². The Morgan fingerprint density at radius 3 is 2.65 bits per heavy atom. The summed E-state index contributed by atoms with van der Waals surface area (Å²) >= 11 is 3.48. The lowest BCUT2D eigenvalue weighted by Gasteiger charge is -2.14. The number of anilines is 1. The first-order chi connectivity index (χ1) is 9.74. The van der Waals surface area contributed by atoms with Gasteiger partial charge in [-0.25, -0.2) is 0 Å². The fourth-order valence-electron chi connectivity index (χ4n) is 1.97. The number of methoxy groups -OCH3 is 1. The highest BCUT2D eigenvalue weighted by atomic mass is 79.9. The average Bonchev–Trinajstić information content (AvgIpc) is 2.47. The molecule has 3 nitrogen and oxygen atoms in total. The van der Waals surface area contributed by atoms with Crippen LogP contribution in [0.25, 0.3) is 0 Å². The molecule has 2 aromatic rings. The van der Waals surface area contributed by atoms with Crippen molar-refractivity contribution in [1.29, 1.82) is 0 Å². The fourth-order valence-corrected chi connectivity index (χ4v) is 2.38. The molecular weight excluding hydrogens is 318 g/mol. The van der Waals surface area contributed by atoms with Gasteiger partial charge in [0, 0.05) is 16.6 Å². The van der Waals surface area contributed by atoms with Gasteiger partial charge in [-0.3, -0.25) is 0 Å². The number of ether oxygens (including phenoxy) is 2. The molecule has 0 aliphatic rings. The lowest BCUT2D eigenvalue weighted by Crippen LogP contribution is -2.04. The number of nitrogens with one attached hydrogen (secondary N) is 1. The van der Waals surface area contributed by atoms with Gasteiger partial charge >= 0.3 is 0 Å². The van der Waals surface area contributed by atoms with E-state index >= 15 is 0 Å². The van der Waals surface area contributed by atoms with Crippen molar-refractivity contribution in [2.24, 2.45) is 0 Å². The molecule has 0 aliphatic carbocycles. The monoisotopic (exact) mass is 335 g/mol. The summed E-state index contributed by atoms with van der Waals surface area (Å²) in [6, 6.07) is 13.9. The minimum atomic E-state index is 0.652. The third kappa shape index (κ3) is 3.67. The highest BCUT2D eigenvalue weighted by molar-refractivity contribution is 9.10. The summed E-state index contributed by atoms with van der Waals surface area (Å²) < 4.78 is 12.0. The summed E-state index contributed by atoms with van der Waals surface area (Å²) in [5, 5.41) is 3.39. The third-order valence-corrected chi connectivity index (χ3v) is 3.39. The Kier molecular flexibility index (Phi) is 5.30. The molecule has 1 N–H and O–H groups in total. The standard InChI is InChI=1S/C16H18BrNO2/c1-3-20-16-7-5-4-6-14(16)18-11-12-10-13(17)8-9-15(12)19-2/h4-10,18H,3,11H2,1-2H3. The summed E-state index contributed by atoms with van der Waals surface area (Å²) in [7, 11) is 1.68. The molecular formula is C16H18BrNO2. The van der Waals surface area contributed by atoms with Crippen LogP contribution in [0.3, 0.4) is 0 Å². The summed E-state index contributed by atoms with van der Waals surface area (Å²) in [4.78, 5) is 0. The van der Waals surface area contributed by atoms with E-state index in [1.165, 1.54) is 0 Å². The van der Waals surface area contributed by atoms with Crippen LogP contribution < -0.4 is 14.8 Å². The van der Waals surface area contributed by atoms with Crippen molar-refractivity contribution in [3.8, 4) is 11.5 Å². The smallest absolute Gasteiger partial charge is 0.142 e. The first kappa shape index (κ1) is 14.7. The van der Waals surface area contributed by atoms with E-state index in [1.807, 2.05) is 43.3 Å². The Hall–Kier alpha value is -1.68. The van der Waals surface area contributed by atoms with Crippen LogP contribution in [-0.2, 0) is 6.54 Å². The molecule has 0 atom stereocenters. The minimum absolute atomic E-state index is 0.652. The number of hydrogen-bond acceptors (Lipinski definition) is 3. The van der Waals surface area contributed by atoms with Crippen molar-refractivity contribution in [3.63, 3.8) is 0 Å². The highest BCUT2D eigenvalue weighted by Gasteiger charge is 2.06. The number of benzene rings is 2. The van der Waals surface area contributed by atoms with Crippen LogP contribution >= 0.6 is 15.9 Å². The predicted molar refractivity (Wildman–Crippen MR) is 85.6 cm³/mol. The molecule has 2 rings (SSSR count). The fraction of sp³-hybridized carbons (Fsp3) is 0.250. The molecule has 20 heavy (non-hydrogen) atoms. The maximum atomic E-state index is 5.60. The van der Waals surface area contributed by atoms with Gasteiger partial charge in [0.2, 0.25) is 0 Å². The van der Waals surface area contributed by atoms with Gasteiger partial charge in [0.15, 0.2) is 0 Å². The zero-order valence-corrected chi connectivity index (χ0v) is 13.2. The Balaban J connectivity index is 2.14. The van der Waals surface area contributed by atoms with Crippen molar-refractivity contribution < 1.29 is 9.47 Å². The quantitative estimate of drug-likeness (QED) is 0.844. The topological polar surface area (TPSA) is 30.5 Å². The van der Waals surface area contributed by atoms with E-state index in [9.17, 15) is 0 Å². The van der Waals surface area contributed by atoms with Crippen molar-refractivity contribution in [3.05, 3.63) is 52.5 Å². The zero-order chi connectivity index (χ0) is 14.4. The van der Waals surface area contributed by atoms with Gasteiger partial charge in [0.1, 0.15) is 11.5 Å². The minimum Gasteiger partial charge on any atom is -0.496 e. The van der Waals surface area contributed by atoms with Crippen molar-refractivity contribution in [2.75, 3.05) is 19.0 Å². The van der Waals surface area contributed by atoms with Crippen LogP contribution in [0.5, 0.6) is 11.5 Å². The molecule has 0 aromatic heterocycles. The first-order valence-electron chi connectivity index (χ1n) is 6.52. The number of hydrogen-bond donors (Lipinski definition) is 1. The number of rotatable bonds is 6. The average molecular weight is 336 g/mol. The second-order valence-corrected chi connectivity index (χ2v) is 5.15. The number of para-hydroxylation sites is 2. The highest BCUT2D eigenvalue weighted by Crippen LogP contribution is 2.27. The normalized spacial score (nSPS) is 10.2. The maximum absolute atomic E-state index is 5.60. The molecule has 0 saturated heterocycles. The third-order valence-electron chi connectivity index (χ3n) is 2.90. The van der Waals surface area contributed by atoms with Gasteiger partial charge < -0.3 is 14.8 Å². The van der Waals surface area contributed by atoms with E-state index < -0.39 is 0 Å². The lowest BCUT2D eigenvalue weighted by atomic mass is 10.2. The Morgan fingerprint density at radius 1 is 1.10 bits per heavy atom. The Labute approximate surface area is 128 Å².